The highest BCUT2D eigenvalue weighted by Crippen LogP contribution is 2.21. The molecule has 0 bridgehead atoms. The first-order chi connectivity index (χ1) is 10.4. The molecule has 8 heteroatoms. The van der Waals surface area contributed by atoms with Gasteiger partial charge in [-0.25, -0.2) is 13.1 Å². The van der Waals surface area contributed by atoms with Crippen LogP contribution < -0.4 is 10.0 Å². The van der Waals surface area contributed by atoms with E-state index in [0.29, 0.717) is 5.69 Å². The van der Waals surface area contributed by atoms with Crippen LogP contribution in [0.3, 0.4) is 0 Å². The molecule has 2 aromatic rings. The van der Waals surface area contributed by atoms with Crippen molar-refractivity contribution in [2.75, 3.05) is 11.9 Å². The molecule has 2 N–H and O–H groups in total. The molecule has 116 valence electrons. The van der Waals surface area contributed by atoms with Gasteiger partial charge in [-0.15, -0.1) is 0 Å². The molecule has 0 unspecified atom stereocenters. The Bertz CT molecular complexity index is 777. The molecule has 0 aliphatic rings. The molecule has 0 heterocycles. The number of rotatable bonds is 5. The maximum absolute atomic E-state index is 12.1. The summed E-state index contributed by atoms with van der Waals surface area (Å²) in [6.45, 7) is -0.347. The second kappa shape index (κ2) is 7.36. The van der Waals surface area contributed by atoms with Gasteiger partial charge in [0, 0.05) is 8.95 Å². The Balaban J connectivity index is 1.98. The number of carbonyl (C=O) groups is 1. The third-order valence-electron chi connectivity index (χ3n) is 2.69. The Morgan fingerprint density at radius 2 is 1.64 bits per heavy atom. The molecule has 0 aromatic heterocycles. The average molecular weight is 448 g/mol. The molecule has 0 radical (unpaired) electrons. The predicted molar refractivity (Wildman–Crippen MR) is 92.1 cm³/mol. The van der Waals surface area contributed by atoms with Crippen LogP contribution in [0, 0.1) is 0 Å². The number of benzene rings is 2. The van der Waals surface area contributed by atoms with Gasteiger partial charge in [-0.3, -0.25) is 4.79 Å². The highest BCUT2D eigenvalue weighted by Gasteiger charge is 2.15. The first kappa shape index (κ1) is 17.1. The molecule has 22 heavy (non-hydrogen) atoms. The zero-order chi connectivity index (χ0) is 16.2. The standard InChI is InChI=1S/C14H12Br2N2O3S/c15-10-5-7-11(8-6-10)22(20,21)17-9-14(19)18-13-4-2-1-3-12(13)16/h1-8,17H,9H2,(H,18,19). The monoisotopic (exact) mass is 446 g/mol. The predicted octanol–water partition coefficient (Wildman–Crippen LogP) is 3.13. The lowest BCUT2D eigenvalue weighted by Crippen LogP contribution is -2.32. The largest absolute Gasteiger partial charge is 0.324 e. The van der Waals surface area contributed by atoms with E-state index in [9.17, 15) is 13.2 Å². The smallest absolute Gasteiger partial charge is 0.241 e. The van der Waals surface area contributed by atoms with Crippen LogP contribution in [-0.4, -0.2) is 20.9 Å². The molecule has 0 saturated carbocycles. The van der Waals surface area contributed by atoms with Crippen molar-refractivity contribution in [3.8, 4) is 0 Å². The molecule has 1 amide bonds. The quantitative estimate of drug-likeness (QED) is 0.739. The number of para-hydroxylation sites is 1. The van der Waals surface area contributed by atoms with E-state index in [1.807, 2.05) is 6.07 Å². The van der Waals surface area contributed by atoms with Crippen LogP contribution in [0.2, 0.25) is 0 Å². The molecule has 0 spiro atoms. The number of hydrogen-bond acceptors (Lipinski definition) is 3. The van der Waals surface area contributed by atoms with Crippen molar-refractivity contribution in [3.05, 3.63) is 57.5 Å². The Labute approximate surface area is 145 Å². The number of amides is 1. The number of anilines is 1. The van der Waals surface area contributed by atoms with Crippen molar-refractivity contribution in [2.24, 2.45) is 0 Å². The molecule has 0 aliphatic heterocycles. The first-order valence-electron chi connectivity index (χ1n) is 6.18. The lowest BCUT2D eigenvalue weighted by atomic mass is 10.3. The summed E-state index contributed by atoms with van der Waals surface area (Å²) in [5.74, 6) is -0.451. The van der Waals surface area contributed by atoms with Gasteiger partial charge >= 0.3 is 0 Å². The van der Waals surface area contributed by atoms with Crippen molar-refractivity contribution < 1.29 is 13.2 Å². The van der Waals surface area contributed by atoms with Gasteiger partial charge in [0.25, 0.3) is 0 Å². The molecular formula is C14H12Br2N2O3S. The Hall–Kier alpha value is -1.22. The van der Waals surface area contributed by atoms with E-state index >= 15 is 0 Å². The van der Waals surface area contributed by atoms with E-state index in [4.69, 9.17) is 0 Å². The number of hydrogen-bond donors (Lipinski definition) is 2. The molecule has 0 saturated heterocycles. The number of halogens is 2. The molecular weight excluding hydrogens is 436 g/mol. The Kier molecular flexibility index (Phi) is 5.74. The third-order valence-corrected chi connectivity index (χ3v) is 5.33. The maximum Gasteiger partial charge on any atom is 0.241 e. The van der Waals surface area contributed by atoms with Crippen molar-refractivity contribution in [3.63, 3.8) is 0 Å². The van der Waals surface area contributed by atoms with Gasteiger partial charge in [-0.05, 0) is 52.3 Å². The summed E-state index contributed by atoms with van der Waals surface area (Å²) in [4.78, 5) is 11.9. The zero-order valence-electron chi connectivity index (χ0n) is 11.2. The Morgan fingerprint density at radius 3 is 2.27 bits per heavy atom. The van der Waals surface area contributed by atoms with E-state index in [-0.39, 0.29) is 11.4 Å². The fourth-order valence-electron chi connectivity index (χ4n) is 1.61. The van der Waals surface area contributed by atoms with E-state index < -0.39 is 15.9 Å². The molecule has 0 atom stereocenters. The highest BCUT2D eigenvalue weighted by molar-refractivity contribution is 9.10. The normalized spacial score (nSPS) is 11.2. The van der Waals surface area contributed by atoms with E-state index in [0.717, 1.165) is 8.95 Å². The molecule has 2 aromatic carbocycles. The summed E-state index contributed by atoms with van der Waals surface area (Å²) >= 11 is 6.54. The summed E-state index contributed by atoms with van der Waals surface area (Å²) in [7, 11) is -3.72. The minimum Gasteiger partial charge on any atom is -0.324 e. The Morgan fingerprint density at radius 1 is 1.00 bits per heavy atom. The molecule has 0 aliphatic carbocycles. The number of carbonyl (C=O) groups excluding carboxylic acids is 1. The maximum atomic E-state index is 12.1. The van der Waals surface area contributed by atoms with Crippen LogP contribution >= 0.6 is 31.9 Å². The van der Waals surface area contributed by atoms with Crippen LogP contribution in [0.4, 0.5) is 5.69 Å². The zero-order valence-corrected chi connectivity index (χ0v) is 15.2. The number of nitrogens with one attached hydrogen (secondary N) is 2. The average Bonchev–Trinajstić information content (AvgIpc) is 2.48. The number of sulfonamides is 1. The SMILES string of the molecule is O=C(CNS(=O)(=O)c1ccc(Br)cc1)Nc1ccccc1Br. The summed E-state index contributed by atoms with van der Waals surface area (Å²) in [5, 5.41) is 2.62. The van der Waals surface area contributed by atoms with Gasteiger partial charge in [-0.2, -0.15) is 0 Å². The van der Waals surface area contributed by atoms with Gasteiger partial charge in [0.05, 0.1) is 17.1 Å². The van der Waals surface area contributed by atoms with Gasteiger partial charge in [0.1, 0.15) is 0 Å². The first-order valence-corrected chi connectivity index (χ1v) is 9.25. The second-order valence-electron chi connectivity index (χ2n) is 4.31. The van der Waals surface area contributed by atoms with Gasteiger partial charge in [0.2, 0.25) is 15.9 Å². The van der Waals surface area contributed by atoms with Crippen molar-refractivity contribution >= 4 is 53.5 Å². The highest BCUT2D eigenvalue weighted by atomic mass is 79.9. The van der Waals surface area contributed by atoms with Crippen LogP contribution in [0.1, 0.15) is 0 Å². The van der Waals surface area contributed by atoms with Crippen LogP contribution in [0.5, 0.6) is 0 Å². The van der Waals surface area contributed by atoms with E-state index in [2.05, 4.69) is 41.9 Å². The minimum atomic E-state index is -3.72. The van der Waals surface area contributed by atoms with Gasteiger partial charge in [0.15, 0.2) is 0 Å². The lowest BCUT2D eigenvalue weighted by Gasteiger charge is -2.09. The topological polar surface area (TPSA) is 75.3 Å². The van der Waals surface area contributed by atoms with Crippen LogP contribution in [0.15, 0.2) is 62.4 Å². The second-order valence-corrected chi connectivity index (χ2v) is 7.84. The van der Waals surface area contributed by atoms with Crippen molar-refractivity contribution in [1.29, 1.82) is 0 Å². The fourth-order valence-corrected chi connectivity index (χ4v) is 3.25. The summed E-state index contributed by atoms with van der Waals surface area (Å²) in [6, 6.07) is 13.2. The molecule has 0 fully saturated rings. The fraction of sp³-hybridized carbons (Fsp3) is 0.0714. The van der Waals surface area contributed by atoms with E-state index in [1.165, 1.54) is 12.1 Å². The van der Waals surface area contributed by atoms with Crippen molar-refractivity contribution in [2.45, 2.75) is 4.90 Å². The lowest BCUT2D eigenvalue weighted by molar-refractivity contribution is -0.115. The third kappa shape index (κ3) is 4.64. The van der Waals surface area contributed by atoms with E-state index in [1.54, 1.807) is 30.3 Å². The summed E-state index contributed by atoms with van der Waals surface area (Å²) in [6.07, 6.45) is 0. The molecule has 5 nitrogen and oxygen atoms in total. The van der Waals surface area contributed by atoms with Crippen LogP contribution in [-0.2, 0) is 14.8 Å². The van der Waals surface area contributed by atoms with Crippen molar-refractivity contribution in [1.82, 2.24) is 4.72 Å². The van der Waals surface area contributed by atoms with Gasteiger partial charge < -0.3 is 5.32 Å². The molecule has 2 rings (SSSR count). The summed E-state index contributed by atoms with van der Waals surface area (Å²) in [5.41, 5.74) is 0.579. The van der Waals surface area contributed by atoms with Gasteiger partial charge in [-0.1, -0.05) is 28.1 Å². The summed E-state index contributed by atoms with van der Waals surface area (Å²) < 4.78 is 27.9. The van der Waals surface area contributed by atoms with Crippen LogP contribution in [0.25, 0.3) is 0 Å². The minimum absolute atomic E-state index is 0.101.